The molecule has 0 unspecified atom stereocenters. The van der Waals surface area contributed by atoms with Gasteiger partial charge in [0.15, 0.2) is 0 Å². The zero-order valence-corrected chi connectivity index (χ0v) is 18.0. The fraction of sp³-hybridized carbons (Fsp3) is 0.333. The molecular formula is C24H27N3O2S. The number of thiophene rings is 1. The summed E-state index contributed by atoms with van der Waals surface area (Å²) in [6, 6.07) is 17.8. The van der Waals surface area contributed by atoms with Gasteiger partial charge < -0.3 is 10.1 Å². The number of likely N-dealkylation sites (tertiary alicyclic amines) is 1. The first-order valence-corrected chi connectivity index (χ1v) is 11.2. The van der Waals surface area contributed by atoms with Crippen LogP contribution in [0.25, 0.3) is 0 Å². The van der Waals surface area contributed by atoms with Crippen molar-refractivity contribution in [3.63, 3.8) is 0 Å². The molecule has 0 saturated carbocycles. The Morgan fingerprint density at radius 1 is 1.23 bits per heavy atom. The van der Waals surface area contributed by atoms with E-state index in [4.69, 9.17) is 4.74 Å². The van der Waals surface area contributed by atoms with Crippen molar-refractivity contribution in [1.29, 1.82) is 0 Å². The number of aromatic nitrogens is 1. The Morgan fingerprint density at radius 3 is 2.87 bits per heavy atom. The van der Waals surface area contributed by atoms with E-state index < -0.39 is 0 Å². The van der Waals surface area contributed by atoms with Crippen LogP contribution in [-0.4, -0.2) is 36.0 Å². The molecule has 1 N–H and O–H groups in total. The van der Waals surface area contributed by atoms with E-state index in [2.05, 4.69) is 27.3 Å². The highest BCUT2D eigenvalue weighted by molar-refractivity contribution is 7.12. The summed E-state index contributed by atoms with van der Waals surface area (Å²) in [5.74, 6) is 1.20. The molecular weight excluding hydrogens is 394 g/mol. The first-order chi connectivity index (χ1) is 14.7. The molecule has 2 atom stereocenters. The highest BCUT2D eigenvalue weighted by Gasteiger charge is 2.31. The fourth-order valence-corrected chi connectivity index (χ4v) is 4.82. The fourth-order valence-electron chi connectivity index (χ4n) is 4.19. The van der Waals surface area contributed by atoms with Gasteiger partial charge in [-0.2, -0.15) is 0 Å². The Kier molecular flexibility index (Phi) is 6.77. The zero-order chi connectivity index (χ0) is 20.8. The van der Waals surface area contributed by atoms with Gasteiger partial charge in [-0.3, -0.25) is 14.7 Å². The summed E-state index contributed by atoms with van der Waals surface area (Å²) in [5.41, 5.74) is 2.12. The van der Waals surface area contributed by atoms with E-state index in [0.29, 0.717) is 5.92 Å². The van der Waals surface area contributed by atoms with E-state index in [1.807, 2.05) is 47.8 Å². The first kappa shape index (κ1) is 20.6. The van der Waals surface area contributed by atoms with Gasteiger partial charge in [0.25, 0.3) is 5.91 Å². The average molecular weight is 422 g/mol. The molecule has 1 aliphatic rings. The Hall–Kier alpha value is -2.70. The molecule has 0 spiro atoms. The number of hydrogen-bond donors (Lipinski definition) is 1. The number of carbonyl (C=O) groups excluding carboxylic acids is 1. The number of amides is 1. The number of nitrogens with one attached hydrogen (secondary N) is 1. The summed E-state index contributed by atoms with van der Waals surface area (Å²) in [6.07, 6.45) is 3.96. The van der Waals surface area contributed by atoms with E-state index in [9.17, 15) is 4.79 Å². The van der Waals surface area contributed by atoms with Crippen LogP contribution >= 0.6 is 11.3 Å². The number of ether oxygens (including phenoxy) is 1. The zero-order valence-electron chi connectivity index (χ0n) is 17.2. The lowest BCUT2D eigenvalue weighted by Gasteiger charge is -2.37. The lowest BCUT2D eigenvalue weighted by atomic mass is 9.88. The molecule has 3 heterocycles. The topological polar surface area (TPSA) is 54.5 Å². The largest absolute Gasteiger partial charge is 0.496 e. The first-order valence-electron chi connectivity index (χ1n) is 10.3. The number of nitrogens with zero attached hydrogens (tertiary/aromatic N) is 2. The molecule has 0 bridgehead atoms. The summed E-state index contributed by atoms with van der Waals surface area (Å²) < 4.78 is 5.53. The predicted molar refractivity (Wildman–Crippen MR) is 120 cm³/mol. The van der Waals surface area contributed by atoms with Crippen LogP contribution < -0.4 is 10.1 Å². The van der Waals surface area contributed by atoms with Crippen LogP contribution in [0.1, 0.15) is 39.8 Å². The highest BCUT2D eigenvalue weighted by atomic mass is 32.1. The number of hydrogen-bond acceptors (Lipinski definition) is 5. The smallest absolute Gasteiger partial charge is 0.261 e. The molecule has 156 valence electrons. The van der Waals surface area contributed by atoms with Gasteiger partial charge >= 0.3 is 0 Å². The van der Waals surface area contributed by atoms with Crippen LogP contribution in [0.4, 0.5) is 0 Å². The number of pyridine rings is 1. The van der Waals surface area contributed by atoms with Gasteiger partial charge in [0.05, 0.1) is 23.7 Å². The molecule has 4 rings (SSSR count). The van der Waals surface area contributed by atoms with E-state index >= 15 is 0 Å². The average Bonchev–Trinajstić information content (AvgIpc) is 3.34. The molecule has 0 radical (unpaired) electrons. The van der Waals surface area contributed by atoms with Crippen molar-refractivity contribution in [2.45, 2.75) is 25.4 Å². The number of carbonyl (C=O) groups is 1. The number of methoxy groups -OCH3 is 1. The number of piperidine rings is 1. The van der Waals surface area contributed by atoms with Gasteiger partial charge in [-0.1, -0.05) is 30.3 Å². The van der Waals surface area contributed by atoms with Gasteiger partial charge in [0.1, 0.15) is 5.75 Å². The molecule has 30 heavy (non-hydrogen) atoms. The maximum Gasteiger partial charge on any atom is 0.261 e. The second kappa shape index (κ2) is 9.87. The Morgan fingerprint density at radius 2 is 2.10 bits per heavy atom. The van der Waals surface area contributed by atoms with Crippen molar-refractivity contribution < 1.29 is 9.53 Å². The van der Waals surface area contributed by atoms with Crippen LogP contribution in [0.5, 0.6) is 5.75 Å². The molecule has 1 amide bonds. The van der Waals surface area contributed by atoms with Crippen molar-refractivity contribution >= 4 is 17.2 Å². The van der Waals surface area contributed by atoms with Crippen molar-refractivity contribution in [2.24, 2.45) is 5.92 Å². The molecule has 1 aromatic carbocycles. The monoisotopic (exact) mass is 421 g/mol. The third-order valence-electron chi connectivity index (χ3n) is 5.64. The maximum absolute atomic E-state index is 12.8. The Labute approximate surface area is 181 Å². The third-order valence-corrected chi connectivity index (χ3v) is 6.51. The molecule has 1 aliphatic heterocycles. The van der Waals surface area contributed by atoms with Gasteiger partial charge in [-0.05, 0) is 54.9 Å². The minimum Gasteiger partial charge on any atom is -0.496 e. The van der Waals surface area contributed by atoms with Crippen molar-refractivity contribution in [3.05, 3.63) is 82.3 Å². The summed E-state index contributed by atoms with van der Waals surface area (Å²) in [7, 11) is 1.72. The van der Waals surface area contributed by atoms with Crippen LogP contribution in [0.3, 0.4) is 0 Å². The predicted octanol–water partition coefficient (Wildman–Crippen LogP) is 4.54. The van der Waals surface area contributed by atoms with Crippen molar-refractivity contribution in [2.75, 3.05) is 20.2 Å². The van der Waals surface area contributed by atoms with E-state index in [0.717, 1.165) is 48.8 Å². The summed E-state index contributed by atoms with van der Waals surface area (Å²) >= 11 is 1.46. The van der Waals surface area contributed by atoms with E-state index in [-0.39, 0.29) is 11.9 Å². The second-order valence-corrected chi connectivity index (χ2v) is 8.58. The van der Waals surface area contributed by atoms with Crippen LogP contribution in [0, 0.1) is 5.92 Å². The van der Waals surface area contributed by atoms with E-state index in [1.165, 1.54) is 16.9 Å². The number of rotatable bonds is 7. The van der Waals surface area contributed by atoms with Gasteiger partial charge in [0, 0.05) is 24.8 Å². The Bertz CT molecular complexity index is 946. The molecule has 1 saturated heterocycles. The quantitative estimate of drug-likeness (QED) is 0.609. The van der Waals surface area contributed by atoms with E-state index in [1.54, 1.807) is 13.3 Å². The summed E-state index contributed by atoms with van der Waals surface area (Å²) in [4.78, 5) is 20.6. The SMILES string of the molecule is COc1ccccc1CN1CCC[C@@H]([C@H](NC(=O)c2cccs2)c2ccccn2)C1. The lowest BCUT2D eigenvalue weighted by molar-refractivity contribution is 0.0878. The van der Waals surface area contributed by atoms with Gasteiger partial charge in [-0.15, -0.1) is 11.3 Å². The highest BCUT2D eigenvalue weighted by Crippen LogP contribution is 2.31. The molecule has 1 fully saturated rings. The summed E-state index contributed by atoms with van der Waals surface area (Å²) in [6.45, 7) is 2.79. The second-order valence-electron chi connectivity index (χ2n) is 7.63. The van der Waals surface area contributed by atoms with Crippen molar-refractivity contribution in [1.82, 2.24) is 15.2 Å². The number of benzene rings is 1. The minimum absolute atomic E-state index is 0.0255. The molecule has 3 aromatic rings. The molecule has 6 heteroatoms. The maximum atomic E-state index is 12.8. The van der Waals surface area contributed by atoms with Crippen LogP contribution in [-0.2, 0) is 6.54 Å². The van der Waals surface area contributed by atoms with Crippen LogP contribution in [0.15, 0.2) is 66.2 Å². The standard InChI is InChI=1S/C24H27N3O2S/c1-29-21-11-3-2-8-18(21)16-27-14-6-9-19(17-27)23(20-10-4-5-13-25-20)26-24(28)22-12-7-15-30-22/h2-5,7-8,10-13,15,19,23H,6,9,14,16-17H2,1H3,(H,26,28)/t19-,23+/m1/s1. The molecule has 0 aliphatic carbocycles. The molecule has 2 aromatic heterocycles. The summed E-state index contributed by atoms with van der Waals surface area (Å²) in [5, 5.41) is 5.20. The Balaban J connectivity index is 1.52. The minimum atomic E-state index is -0.110. The normalized spacial score (nSPS) is 18.0. The van der Waals surface area contributed by atoms with Crippen LogP contribution in [0.2, 0.25) is 0 Å². The van der Waals surface area contributed by atoms with Gasteiger partial charge in [-0.25, -0.2) is 0 Å². The van der Waals surface area contributed by atoms with Crippen molar-refractivity contribution in [3.8, 4) is 5.75 Å². The lowest BCUT2D eigenvalue weighted by Crippen LogP contribution is -2.43. The number of para-hydroxylation sites is 1. The third kappa shape index (κ3) is 4.89. The molecule has 5 nitrogen and oxygen atoms in total. The van der Waals surface area contributed by atoms with Gasteiger partial charge in [0.2, 0.25) is 0 Å².